The van der Waals surface area contributed by atoms with Gasteiger partial charge < -0.3 is 4.74 Å². The minimum absolute atomic E-state index is 0.0929. The molecule has 0 aliphatic heterocycles. The fourth-order valence-corrected chi connectivity index (χ4v) is 0.859. The topological polar surface area (TPSA) is 52.1 Å². The molecule has 0 aromatic carbocycles. The summed E-state index contributed by atoms with van der Waals surface area (Å²) in [4.78, 5) is 19.0. The highest BCUT2D eigenvalue weighted by Gasteiger charge is 2.06. The fraction of sp³-hybridized carbons (Fsp3) is 0.417. The van der Waals surface area contributed by atoms with E-state index in [4.69, 9.17) is 0 Å². The van der Waals surface area contributed by atoms with Crippen LogP contribution in [0.25, 0.3) is 0 Å². The Morgan fingerprint density at radius 2 is 1.88 bits per heavy atom. The van der Waals surface area contributed by atoms with Crippen molar-refractivity contribution in [3.63, 3.8) is 0 Å². The van der Waals surface area contributed by atoms with Crippen LogP contribution in [0.5, 0.6) is 0 Å². The van der Waals surface area contributed by atoms with Crippen molar-refractivity contribution in [1.82, 2.24) is 9.97 Å². The molecule has 0 fully saturated rings. The van der Waals surface area contributed by atoms with Crippen LogP contribution in [0.2, 0.25) is 0 Å². The van der Waals surface area contributed by atoms with Gasteiger partial charge in [0.25, 0.3) is 0 Å². The van der Waals surface area contributed by atoms with Crippen molar-refractivity contribution in [2.75, 3.05) is 7.11 Å². The van der Waals surface area contributed by atoms with E-state index in [9.17, 15) is 4.79 Å². The zero-order chi connectivity index (χ0) is 12.2. The third-order valence-corrected chi connectivity index (χ3v) is 1.62. The number of carbonyl (C=O) groups is 1. The van der Waals surface area contributed by atoms with E-state index in [0.717, 1.165) is 0 Å². The fourth-order valence-electron chi connectivity index (χ4n) is 0.859. The van der Waals surface area contributed by atoms with Gasteiger partial charge in [0, 0.05) is 17.8 Å². The second-order valence-corrected chi connectivity index (χ2v) is 4.29. The number of carbonyl (C=O) groups excluding carboxylic acids is 1. The highest BCUT2D eigenvalue weighted by Crippen LogP contribution is 2.10. The molecule has 0 N–H and O–H groups in total. The number of hydrogen-bond acceptors (Lipinski definition) is 4. The van der Waals surface area contributed by atoms with E-state index >= 15 is 0 Å². The van der Waals surface area contributed by atoms with Crippen LogP contribution in [0.4, 0.5) is 0 Å². The van der Waals surface area contributed by atoms with Gasteiger partial charge in [-0.05, 0) is 26.7 Å². The average molecular weight is 218 g/mol. The molecule has 4 nitrogen and oxygen atoms in total. The first-order valence-corrected chi connectivity index (χ1v) is 4.86. The van der Waals surface area contributed by atoms with Crippen LogP contribution in [0, 0.1) is 17.3 Å². The van der Waals surface area contributed by atoms with Crippen LogP contribution in [0.1, 0.15) is 37.0 Å². The van der Waals surface area contributed by atoms with E-state index in [0.29, 0.717) is 11.4 Å². The summed E-state index contributed by atoms with van der Waals surface area (Å²) < 4.78 is 4.54. The lowest BCUT2D eigenvalue weighted by Crippen LogP contribution is -2.04. The van der Waals surface area contributed by atoms with E-state index in [1.165, 1.54) is 19.5 Å². The molecule has 0 spiro atoms. The van der Waals surface area contributed by atoms with Crippen LogP contribution in [0.3, 0.4) is 0 Å². The number of esters is 1. The second-order valence-electron chi connectivity index (χ2n) is 4.29. The number of ether oxygens (including phenoxy) is 1. The molecule has 16 heavy (non-hydrogen) atoms. The van der Waals surface area contributed by atoms with Crippen LogP contribution >= 0.6 is 0 Å². The third kappa shape index (κ3) is 3.70. The first-order chi connectivity index (χ1) is 7.42. The maximum Gasteiger partial charge on any atom is 0.341 e. The largest absolute Gasteiger partial charge is 0.465 e. The lowest BCUT2D eigenvalue weighted by atomic mass is 9.98. The van der Waals surface area contributed by atoms with E-state index in [1.54, 1.807) is 0 Å². The summed E-state index contributed by atoms with van der Waals surface area (Å²) in [5.74, 6) is 5.81. The number of aromatic nitrogens is 2. The van der Waals surface area contributed by atoms with E-state index in [1.807, 2.05) is 20.8 Å². The van der Waals surface area contributed by atoms with Gasteiger partial charge >= 0.3 is 5.97 Å². The first kappa shape index (κ1) is 12.2. The molecule has 1 aromatic rings. The Kier molecular flexibility index (Phi) is 3.62. The molecule has 0 aliphatic rings. The number of nitrogens with zero attached hydrogens (tertiary/aromatic N) is 2. The van der Waals surface area contributed by atoms with Gasteiger partial charge in [0.1, 0.15) is 0 Å². The normalized spacial score (nSPS) is 10.2. The molecule has 1 aromatic heterocycles. The van der Waals surface area contributed by atoms with Crippen molar-refractivity contribution in [2.45, 2.75) is 20.8 Å². The van der Waals surface area contributed by atoms with Crippen molar-refractivity contribution in [1.29, 1.82) is 0 Å². The van der Waals surface area contributed by atoms with Gasteiger partial charge in [0.2, 0.25) is 5.82 Å². The van der Waals surface area contributed by atoms with Gasteiger partial charge in [-0.2, -0.15) is 0 Å². The van der Waals surface area contributed by atoms with Crippen LogP contribution in [0.15, 0.2) is 12.4 Å². The maximum absolute atomic E-state index is 11.1. The van der Waals surface area contributed by atoms with Crippen molar-refractivity contribution in [3.8, 4) is 11.8 Å². The molecule has 0 aliphatic carbocycles. The Balaban J connectivity index is 2.87. The van der Waals surface area contributed by atoms with E-state index in [-0.39, 0.29) is 5.41 Å². The summed E-state index contributed by atoms with van der Waals surface area (Å²) in [6.07, 6.45) is 2.82. The average Bonchev–Trinajstić information content (AvgIpc) is 2.25. The lowest BCUT2D eigenvalue weighted by molar-refractivity contribution is 0.0599. The van der Waals surface area contributed by atoms with Crippen LogP contribution in [-0.4, -0.2) is 23.0 Å². The summed E-state index contributed by atoms with van der Waals surface area (Å²) in [6.45, 7) is 6.01. The molecule has 1 heterocycles. The third-order valence-electron chi connectivity index (χ3n) is 1.62. The van der Waals surface area contributed by atoms with E-state index in [2.05, 4.69) is 26.5 Å². The standard InChI is InChI=1S/C12H14N2O2/c1-12(2,3)6-5-10-13-7-9(8-14-10)11(15)16-4/h7-8H,1-4H3. The molecule has 0 radical (unpaired) electrons. The van der Waals surface area contributed by atoms with Crippen molar-refractivity contribution in [3.05, 3.63) is 23.8 Å². The van der Waals surface area contributed by atoms with Crippen LogP contribution < -0.4 is 0 Å². The predicted octanol–water partition coefficient (Wildman–Crippen LogP) is 1.66. The summed E-state index contributed by atoms with van der Waals surface area (Å²) >= 11 is 0. The Labute approximate surface area is 95.1 Å². The molecule has 0 bridgehead atoms. The summed E-state index contributed by atoms with van der Waals surface area (Å²) in [5.41, 5.74) is 0.230. The molecule has 1 rings (SSSR count). The lowest BCUT2D eigenvalue weighted by Gasteiger charge is -2.06. The maximum atomic E-state index is 11.1. The number of methoxy groups -OCH3 is 1. The molecule has 0 saturated carbocycles. The molecule has 0 atom stereocenters. The Hall–Kier alpha value is -1.89. The Morgan fingerprint density at radius 3 is 2.31 bits per heavy atom. The molecule has 84 valence electrons. The molecule has 0 saturated heterocycles. The molecule has 0 unspecified atom stereocenters. The number of rotatable bonds is 1. The quantitative estimate of drug-likeness (QED) is 0.531. The molecular formula is C12H14N2O2. The van der Waals surface area contributed by atoms with Crippen LogP contribution in [-0.2, 0) is 4.74 Å². The zero-order valence-corrected chi connectivity index (χ0v) is 9.87. The molecule has 0 amide bonds. The SMILES string of the molecule is COC(=O)c1cnc(C#CC(C)(C)C)nc1. The smallest absolute Gasteiger partial charge is 0.341 e. The summed E-state index contributed by atoms with van der Waals surface area (Å²) in [6, 6.07) is 0. The van der Waals surface area contributed by atoms with Crippen molar-refractivity contribution < 1.29 is 9.53 Å². The molecule has 4 heteroatoms. The number of hydrogen-bond donors (Lipinski definition) is 0. The van der Waals surface area contributed by atoms with E-state index < -0.39 is 5.97 Å². The Morgan fingerprint density at radius 1 is 1.31 bits per heavy atom. The van der Waals surface area contributed by atoms with Gasteiger partial charge in [-0.3, -0.25) is 0 Å². The van der Waals surface area contributed by atoms with Gasteiger partial charge in [0.15, 0.2) is 0 Å². The highest BCUT2D eigenvalue weighted by molar-refractivity contribution is 5.88. The zero-order valence-electron chi connectivity index (χ0n) is 9.87. The van der Waals surface area contributed by atoms with Gasteiger partial charge in [-0.25, -0.2) is 14.8 Å². The highest BCUT2D eigenvalue weighted by atomic mass is 16.5. The van der Waals surface area contributed by atoms with Gasteiger partial charge in [-0.1, -0.05) is 5.92 Å². The first-order valence-electron chi connectivity index (χ1n) is 4.86. The minimum Gasteiger partial charge on any atom is -0.465 e. The van der Waals surface area contributed by atoms with Crippen molar-refractivity contribution >= 4 is 5.97 Å². The summed E-state index contributed by atoms with van der Waals surface area (Å²) in [5, 5.41) is 0. The summed E-state index contributed by atoms with van der Waals surface area (Å²) in [7, 11) is 1.32. The van der Waals surface area contributed by atoms with Crippen molar-refractivity contribution in [2.24, 2.45) is 5.41 Å². The minimum atomic E-state index is -0.449. The second kappa shape index (κ2) is 4.75. The van der Waals surface area contributed by atoms with Gasteiger partial charge in [-0.15, -0.1) is 0 Å². The molecular weight excluding hydrogens is 204 g/mol. The Bertz CT molecular complexity index is 433. The van der Waals surface area contributed by atoms with Gasteiger partial charge in [0.05, 0.1) is 12.7 Å². The monoisotopic (exact) mass is 218 g/mol. The predicted molar refractivity (Wildman–Crippen MR) is 59.7 cm³/mol.